The molecule has 0 aliphatic heterocycles. The van der Waals surface area contributed by atoms with Gasteiger partial charge in [0.1, 0.15) is 0 Å². The van der Waals surface area contributed by atoms with Gasteiger partial charge >= 0.3 is 11.9 Å². The fourth-order valence-corrected chi connectivity index (χ4v) is 1.14. The number of ether oxygens (including phenoxy) is 1. The molecule has 0 bridgehead atoms. The summed E-state index contributed by atoms with van der Waals surface area (Å²) in [5.41, 5.74) is 0. The van der Waals surface area contributed by atoms with Crippen LogP contribution in [0.4, 0.5) is 0 Å². The Balaban J connectivity index is 3.39. The topological polar surface area (TPSA) is 63.6 Å². The van der Waals surface area contributed by atoms with Gasteiger partial charge in [0.25, 0.3) is 0 Å². The van der Waals surface area contributed by atoms with Crippen LogP contribution in [0.15, 0.2) is 0 Å². The smallest absolute Gasteiger partial charge is 0.306 e. The van der Waals surface area contributed by atoms with E-state index in [0.717, 1.165) is 19.3 Å². The number of carboxylic acids is 1. The first-order valence-electron chi connectivity index (χ1n) is 6.00. The molecule has 0 aromatic rings. The highest BCUT2D eigenvalue weighted by atomic mass is 16.5. The van der Waals surface area contributed by atoms with Gasteiger partial charge in [-0.1, -0.05) is 25.2 Å². The van der Waals surface area contributed by atoms with E-state index in [1.54, 1.807) is 0 Å². The number of carbonyl (C=O) groups excluding carboxylic acids is 1. The average Bonchev–Trinajstić information content (AvgIpc) is 2.29. The molecule has 0 aliphatic rings. The molecular weight excluding hydrogens is 220 g/mol. The summed E-state index contributed by atoms with van der Waals surface area (Å²) < 4.78 is 4.87. The van der Waals surface area contributed by atoms with Crippen molar-refractivity contribution >= 4 is 11.9 Å². The molecule has 0 saturated carbocycles. The molecule has 0 aliphatic carbocycles. The van der Waals surface area contributed by atoms with Crippen LogP contribution in [0.3, 0.4) is 0 Å². The van der Waals surface area contributed by atoms with Gasteiger partial charge < -0.3 is 9.84 Å². The minimum Gasteiger partial charge on any atom is -0.481 e. The fraction of sp³-hybridized carbons (Fsp3) is 0.692. The predicted octanol–water partition coefficient (Wildman–Crippen LogP) is 2.37. The highest BCUT2D eigenvalue weighted by Crippen LogP contribution is 2.01. The van der Waals surface area contributed by atoms with Crippen LogP contribution in [-0.2, 0) is 14.3 Å². The van der Waals surface area contributed by atoms with Crippen molar-refractivity contribution in [2.24, 2.45) is 0 Å². The van der Waals surface area contributed by atoms with Crippen LogP contribution < -0.4 is 0 Å². The van der Waals surface area contributed by atoms with Crippen molar-refractivity contribution in [3.8, 4) is 11.8 Å². The lowest BCUT2D eigenvalue weighted by molar-refractivity contribution is -0.143. The molecule has 0 fully saturated rings. The van der Waals surface area contributed by atoms with E-state index < -0.39 is 5.97 Å². The summed E-state index contributed by atoms with van der Waals surface area (Å²) >= 11 is 0. The van der Waals surface area contributed by atoms with Crippen LogP contribution in [0.5, 0.6) is 0 Å². The molecule has 0 amide bonds. The van der Waals surface area contributed by atoms with Gasteiger partial charge in [-0.2, -0.15) is 0 Å². The van der Waals surface area contributed by atoms with E-state index in [4.69, 9.17) is 9.84 Å². The molecule has 17 heavy (non-hydrogen) atoms. The van der Waals surface area contributed by atoms with E-state index in [-0.39, 0.29) is 25.4 Å². The summed E-state index contributed by atoms with van der Waals surface area (Å²) in [6, 6.07) is 0. The van der Waals surface area contributed by atoms with Crippen LogP contribution in [0.1, 0.15) is 51.9 Å². The number of esters is 1. The minimum absolute atomic E-state index is 0.101. The Morgan fingerprint density at radius 1 is 1.12 bits per heavy atom. The zero-order valence-corrected chi connectivity index (χ0v) is 10.3. The second kappa shape index (κ2) is 11.0. The first-order valence-corrected chi connectivity index (χ1v) is 6.00. The van der Waals surface area contributed by atoms with E-state index >= 15 is 0 Å². The van der Waals surface area contributed by atoms with Gasteiger partial charge in [0, 0.05) is 19.3 Å². The summed E-state index contributed by atoms with van der Waals surface area (Å²) in [7, 11) is 0. The molecule has 0 radical (unpaired) electrons. The lowest BCUT2D eigenvalue weighted by Crippen LogP contribution is -2.05. The van der Waals surface area contributed by atoms with Crippen LogP contribution in [-0.4, -0.2) is 23.7 Å². The third-order valence-corrected chi connectivity index (χ3v) is 2.11. The van der Waals surface area contributed by atoms with Crippen LogP contribution in [0.2, 0.25) is 0 Å². The molecule has 0 rings (SSSR count). The Labute approximate surface area is 102 Å². The number of aliphatic carboxylic acids is 1. The zero-order chi connectivity index (χ0) is 12.9. The summed E-state index contributed by atoms with van der Waals surface area (Å²) in [6.45, 7) is 2.24. The third kappa shape index (κ3) is 12.4. The number of hydrogen-bond donors (Lipinski definition) is 1. The number of carboxylic acid groups (broad SMARTS) is 1. The SMILES string of the molecule is CCCCC#CCOC(=O)CCCCC(=O)O. The van der Waals surface area contributed by atoms with Gasteiger partial charge in [-0.15, -0.1) is 0 Å². The summed E-state index contributed by atoms with van der Waals surface area (Å²) in [5.74, 6) is 4.55. The van der Waals surface area contributed by atoms with Gasteiger partial charge in [-0.25, -0.2) is 0 Å². The Bertz CT molecular complexity index is 286. The Kier molecular flexibility index (Phi) is 10.0. The molecule has 4 nitrogen and oxygen atoms in total. The quantitative estimate of drug-likeness (QED) is 0.402. The first kappa shape index (κ1) is 15.5. The van der Waals surface area contributed by atoms with Crippen molar-refractivity contribution < 1.29 is 19.4 Å². The molecule has 0 aromatic carbocycles. The Morgan fingerprint density at radius 2 is 1.82 bits per heavy atom. The monoisotopic (exact) mass is 240 g/mol. The Hall–Kier alpha value is -1.50. The second-order valence-electron chi connectivity index (χ2n) is 3.72. The van der Waals surface area contributed by atoms with E-state index in [0.29, 0.717) is 12.8 Å². The van der Waals surface area contributed by atoms with Gasteiger partial charge in [0.2, 0.25) is 0 Å². The van der Waals surface area contributed by atoms with Crippen molar-refractivity contribution in [3.05, 3.63) is 0 Å². The molecule has 96 valence electrons. The minimum atomic E-state index is -0.833. The predicted molar refractivity (Wildman–Crippen MR) is 64.4 cm³/mol. The molecular formula is C13H20O4. The maximum Gasteiger partial charge on any atom is 0.306 e. The van der Waals surface area contributed by atoms with E-state index in [1.807, 2.05) is 0 Å². The van der Waals surface area contributed by atoms with E-state index in [2.05, 4.69) is 18.8 Å². The van der Waals surface area contributed by atoms with Crippen molar-refractivity contribution in [3.63, 3.8) is 0 Å². The normalized spacial score (nSPS) is 9.24. The summed E-state index contributed by atoms with van der Waals surface area (Å²) in [6.07, 6.45) is 4.44. The van der Waals surface area contributed by atoms with Gasteiger partial charge in [-0.3, -0.25) is 9.59 Å². The number of unbranched alkanes of at least 4 members (excludes halogenated alkanes) is 3. The molecule has 0 saturated heterocycles. The zero-order valence-electron chi connectivity index (χ0n) is 10.3. The van der Waals surface area contributed by atoms with Crippen LogP contribution in [0.25, 0.3) is 0 Å². The summed E-state index contributed by atoms with van der Waals surface area (Å²) in [5, 5.41) is 8.39. The molecule has 0 heterocycles. The molecule has 1 N–H and O–H groups in total. The lowest BCUT2D eigenvalue weighted by atomic mass is 10.2. The maximum absolute atomic E-state index is 11.1. The largest absolute Gasteiger partial charge is 0.481 e. The number of hydrogen-bond acceptors (Lipinski definition) is 3. The first-order chi connectivity index (χ1) is 8.16. The molecule has 0 atom stereocenters. The highest BCUT2D eigenvalue weighted by Gasteiger charge is 2.02. The van der Waals surface area contributed by atoms with Crippen molar-refractivity contribution in [2.75, 3.05) is 6.61 Å². The van der Waals surface area contributed by atoms with E-state index in [9.17, 15) is 9.59 Å². The van der Waals surface area contributed by atoms with E-state index in [1.165, 1.54) is 0 Å². The Morgan fingerprint density at radius 3 is 2.47 bits per heavy atom. The lowest BCUT2D eigenvalue weighted by Gasteiger charge is -1.99. The van der Waals surface area contributed by atoms with Crippen LogP contribution >= 0.6 is 0 Å². The van der Waals surface area contributed by atoms with Gasteiger partial charge in [-0.05, 0) is 19.3 Å². The van der Waals surface area contributed by atoms with Crippen molar-refractivity contribution in [1.29, 1.82) is 0 Å². The van der Waals surface area contributed by atoms with Crippen molar-refractivity contribution in [1.82, 2.24) is 0 Å². The fourth-order valence-electron chi connectivity index (χ4n) is 1.14. The maximum atomic E-state index is 11.1. The molecule has 0 spiro atoms. The van der Waals surface area contributed by atoms with Crippen molar-refractivity contribution in [2.45, 2.75) is 51.9 Å². The second-order valence-corrected chi connectivity index (χ2v) is 3.72. The number of carbonyl (C=O) groups is 2. The highest BCUT2D eigenvalue weighted by molar-refractivity contribution is 5.70. The summed E-state index contributed by atoms with van der Waals surface area (Å²) in [4.78, 5) is 21.3. The number of rotatable bonds is 8. The molecule has 4 heteroatoms. The van der Waals surface area contributed by atoms with Gasteiger partial charge in [0.05, 0.1) is 0 Å². The standard InChI is InChI=1S/C13H20O4/c1-2-3-4-5-8-11-17-13(16)10-7-6-9-12(14)15/h2-4,6-7,9-11H2,1H3,(H,14,15). The van der Waals surface area contributed by atoms with Crippen LogP contribution in [0, 0.1) is 11.8 Å². The average molecular weight is 240 g/mol. The molecule has 0 unspecified atom stereocenters. The third-order valence-electron chi connectivity index (χ3n) is 2.11. The molecule has 0 aromatic heterocycles. The van der Waals surface area contributed by atoms with Gasteiger partial charge in [0.15, 0.2) is 6.61 Å².